The van der Waals surface area contributed by atoms with E-state index in [1.165, 1.54) is 5.56 Å². The molecule has 0 atom stereocenters. The van der Waals surface area contributed by atoms with Gasteiger partial charge in [-0.1, -0.05) is 30.3 Å². The van der Waals surface area contributed by atoms with Crippen molar-refractivity contribution in [2.24, 2.45) is 5.73 Å². The highest BCUT2D eigenvalue weighted by molar-refractivity contribution is 5.95. The van der Waals surface area contributed by atoms with E-state index < -0.39 is 5.91 Å². The zero-order valence-corrected chi connectivity index (χ0v) is 15.8. The van der Waals surface area contributed by atoms with Crippen molar-refractivity contribution in [1.82, 2.24) is 5.32 Å². The number of urea groups is 1. The number of fused-ring (bicyclic) bond motifs is 1. The van der Waals surface area contributed by atoms with Gasteiger partial charge in [0.15, 0.2) is 0 Å². The van der Waals surface area contributed by atoms with Crippen LogP contribution in [-0.4, -0.2) is 30.6 Å². The van der Waals surface area contributed by atoms with Gasteiger partial charge in [-0.05, 0) is 55.9 Å². The molecule has 0 unspecified atom stereocenters. The fraction of sp³-hybridized carbons (Fsp3) is 0.364. The average molecular weight is 379 g/mol. The third kappa shape index (κ3) is 3.81. The van der Waals surface area contributed by atoms with Crippen LogP contribution in [0.3, 0.4) is 0 Å². The Balaban J connectivity index is 1.30. The summed E-state index contributed by atoms with van der Waals surface area (Å²) in [5, 5.41) is 3.17. The van der Waals surface area contributed by atoms with Crippen molar-refractivity contribution in [1.29, 1.82) is 0 Å². The lowest BCUT2D eigenvalue weighted by Gasteiger charge is -2.31. The highest BCUT2D eigenvalue weighted by atomic mass is 16.5. The number of benzene rings is 2. The maximum Gasteiger partial charge on any atom is 0.322 e. The minimum Gasteiger partial charge on any atom is -0.490 e. The molecule has 0 spiro atoms. The predicted octanol–water partition coefficient (Wildman–Crippen LogP) is 3.25. The average Bonchev–Trinajstić information content (AvgIpc) is 3.14. The number of rotatable bonds is 4. The number of anilines is 1. The zero-order valence-electron chi connectivity index (χ0n) is 15.8. The van der Waals surface area contributed by atoms with Gasteiger partial charge >= 0.3 is 6.03 Å². The van der Waals surface area contributed by atoms with E-state index in [1.807, 2.05) is 29.2 Å². The Morgan fingerprint density at radius 2 is 1.71 bits per heavy atom. The van der Waals surface area contributed by atoms with Crippen molar-refractivity contribution in [3.63, 3.8) is 0 Å². The van der Waals surface area contributed by atoms with Crippen LogP contribution in [0.5, 0.6) is 5.75 Å². The number of nitrogens with zero attached hydrogens (tertiary/aromatic N) is 1. The monoisotopic (exact) mass is 379 g/mol. The van der Waals surface area contributed by atoms with Crippen LogP contribution in [0.1, 0.15) is 41.6 Å². The number of hydrogen-bond acceptors (Lipinski definition) is 3. The normalized spacial score (nSPS) is 21.1. The smallest absolute Gasteiger partial charge is 0.322 e. The molecule has 1 heterocycles. The second-order valence-corrected chi connectivity index (χ2v) is 7.43. The summed E-state index contributed by atoms with van der Waals surface area (Å²) < 4.78 is 6.02. The summed E-state index contributed by atoms with van der Waals surface area (Å²) in [6.45, 7) is 0.730. The molecule has 1 saturated carbocycles. The molecule has 0 saturated heterocycles. The number of amides is 3. The van der Waals surface area contributed by atoms with E-state index in [1.54, 1.807) is 18.2 Å². The van der Waals surface area contributed by atoms with Gasteiger partial charge < -0.3 is 15.8 Å². The van der Waals surface area contributed by atoms with Crippen LogP contribution in [0.2, 0.25) is 0 Å². The molecule has 3 N–H and O–H groups in total. The van der Waals surface area contributed by atoms with Gasteiger partial charge in [0.05, 0.1) is 11.7 Å². The van der Waals surface area contributed by atoms with E-state index in [0.29, 0.717) is 11.3 Å². The molecule has 1 aliphatic carbocycles. The van der Waals surface area contributed by atoms with Crippen molar-refractivity contribution in [3.8, 4) is 5.75 Å². The summed E-state index contributed by atoms with van der Waals surface area (Å²) >= 11 is 0. The van der Waals surface area contributed by atoms with E-state index >= 15 is 0 Å². The quantitative estimate of drug-likeness (QED) is 0.855. The Hall–Kier alpha value is -3.02. The third-order valence-corrected chi connectivity index (χ3v) is 5.58. The number of hydrogen-bond donors (Lipinski definition) is 2. The number of ether oxygens (including phenoxy) is 1. The summed E-state index contributed by atoms with van der Waals surface area (Å²) in [4.78, 5) is 26.1. The van der Waals surface area contributed by atoms with E-state index in [2.05, 4.69) is 11.4 Å². The molecule has 6 heteroatoms. The SMILES string of the molecule is NC(=O)c1ccccc1O[C@H]1CC[C@H](NC(=O)N2CCc3ccccc32)CC1. The van der Waals surface area contributed by atoms with Gasteiger partial charge in [0.2, 0.25) is 0 Å². The Labute approximate surface area is 164 Å². The van der Waals surface area contributed by atoms with Crippen LogP contribution in [0.15, 0.2) is 48.5 Å². The van der Waals surface area contributed by atoms with Crippen LogP contribution >= 0.6 is 0 Å². The maximum atomic E-state index is 12.7. The number of para-hydroxylation sites is 2. The van der Waals surface area contributed by atoms with Crippen molar-refractivity contribution < 1.29 is 14.3 Å². The molecular formula is C22H25N3O3. The second kappa shape index (κ2) is 7.92. The minimum atomic E-state index is -0.484. The zero-order chi connectivity index (χ0) is 19.5. The topological polar surface area (TPSA) is 84.7 Å². The molecule has 3 amide bonds. The lowest BCUT2D eigenvalue weighted by molar-refractivity contribution is 0.0985. The molecule has 0 radical (unpaired) electrons. The van der Waals surface area contributed by atoms with Crippen LogP contribution in [-0.2, 0) is 6.42 Å². The molecule has 28 heavy (non-hydrogen) atoms. The highest BCUT2D eigenvalue weighted by Gasteiger charge is 2.29. The Morgan fingerprint density at radius 1 is 1.00 bits per heavy atom. The first-order valence-electron chi connectivity index (χ1n) is 9.83. The first kappa shape index (κ1) is 18.3. The van der Waals surface area contributed by atoms with Gasteiger partial charge in [-0.25, -0.2) is 4.79 Å². The number of nitrogens with two attached hydrogens (primary N) is 1. The number of carbonyl (C=O) groups excluding carboxylic acids is 2. The van der Waals surface area contributed by atoms with Crippen LogP contribution < -0.4 is 20.7 Å². The number of carbonyl (C=O) groups is 2. The Bertz CT molecular complexity index is 875. The van der Waals surface area contributed by atoms with Crippen LogP contribution in [0.4, 0.5) is 10.5 Å². The van der Waals surface area contributed by atoms with E-state index in [9.17, 15) is 9.59 Å². The van der Waals surface area contributed by atoms with Gasteiger partial charge in [-0.15, -0.1) is 0 Å². The van der Waals surface area contributed by atoms with Gasteiger partial charge in [-0.2, -0.15) is 0 Å². The molecule has 2 aromatic carbocycles. The first-order chi connectivity index (χ1) is 13.6. The standard InChI is InChI=1S/C22H25N3O3/c23-21(26)18-6-2-4-8-20(18)28-17-11-9-16(10-12-17)24-22(27)25-14-13-15-5-1-3-7-19(15)25/h1-8,16-17H,9-14H2,(H2,23,26)(H,24,27)/t16-,17-. The minimum absolute atomic E-state index is 0.0200. The van der Waals surface area contributed by atoms with Crippen molar-refractivity contribution in [2.45, 2.75) is 44.2 Å². The fourth-order valence-corrected chi connectivity index (χ4v) is 4.08. The summed E-state index contributed by atoms with van der Waals surface area (Å²) in [5.74, 6) is 0.0543. The molecule has 1 aliphatic heterocycles. The number of nitrogens with one attached hydrogen (secondary N) is 1. The highest BCUT2D eigenvalue weighted by Crippen LogP contribution is 2.29. The van der Waals surface area contributed by atoms with Crippen LogP contribution in [0, 0.1) is 0 Å². The molecule has 146 valence electrons. The third-order valence-electron chi connectivity index (χ3n) is 5.58. The largest absolute Gasteiger partial charge is 0.490 e. The van der Waals surface area contributed by atoms with Crippen molar-refractivity contribution >= 4 is 17.6 Å². The van der Waals surface area contributed by atoms with Crippen molar-refractivity contribution in [2.75, 3.05) is 11.4 Å². The van der Waals surface area contributed by atoms with Gasteiger partial charge in [0.1, 0.15) is 5.75 Å². The first-order valence-corrected chi connectivity index (χ1v) is 9.83. The Morgan fingerprint density at radius 3 is 2.50 bits per heavy atom. The second-order valence-electron chi connectivity index (χ2n) is 7.43. The molecule has 0 bridgehead atoms. The van der Waals surface area contributed by atoms with Crippen LogP contribution in [0.25, 0.3) is 0 Å². The molecule has 0 aromatic heterocycles. The van der Waals surface area contributed by atoms with Gasteiger partial charge in [-0.3, -0.25) is 9.69 Å². The lowest BCUT2D eigenvalue weighted by atomic mass is 9.93. The molecule has 2 aliphatic rings. The maximum absolute atomic E-state index is 12.7. The molecule has 4 rings (SSSR count). The summed E-state index contributed by atoms with van der Waals surface area (Å²) in [6, 6.07) is 15.3. The van der Waals surface area contributed by atoms with E-state index in [-0.39, 0.29) is 18.2 Å². The van der Waals surface area contributed by atoms with Gasteiger partial charge in [0, 0.05) is 18.3 Å². The van der Waals surface area contributed by atoms with E-state index in [0.717, 1.165) is 44.3 Å². The molecule has 6 nitrogen and oxygen atoms in total. The van der Waals surface area contributed by atoms with Gasteiger partial charge in [0.25, 0.3) is 5.91 Å². The predicted molar refractivity (Wildman–Crippen MR) is 108 cm³/mol. The number of primary amides is 1. The van der Waals surface area contributed by atoms with E-state index in [4.69, 9.17) is 10.5 Å². The summed E-state index contributed by atoms with van der Waals surface area (Å²) in [7, 11) is 0. The summed E-state index contributed by atoms with van der Waals surface area (Å²) in [5.41, 5.74) is 8.07. The fourth-order valence-electron chi connectivity index (χ4n) is 4.08. The Kier molecular flexibility index (Phi) is 5.19. The summed E-state index contributed by atoms with van der Waals surface area (Å²) in [6.07, 6.45) is 4.29. The molecule has 1 fully saturated rings. The van der Waals surface area contributed by atoms with Crippen molar-refractivity contribution in [3.05, 3.63) is 59.7 Å². The molecule has 2 aromatic rings. The lowest BCUT2D eigenvalue weighted by Crippen LogP contribution is -2.46. The molecular weight excluding hydrogens is 354 g/mol.